The lowest BCUT2D eigenvalue weighted by Crippen LogP contribution is -2.43. The minimum Gasteiger partial charge on any atom is -0.382 e. The van der Waals surface area contributed by atoms with Gasteiger partial charge >= 0.3 is 0 Å². The van der Waals surface area contributed by atoms with Gasteiger partial charge in [-0.15, -0.1) is 11.8 Å². The number of carbonyl (C=O) groups is 1. The predicted octanol–water partition coefficient (Wildman–Crippen LogP) is 3.88. The van der Waals surface area contributed by atoms with Crippen molar-refractivity contribution in [2.24, 2.45) is 5.92 Å². The summed E-state index contributed by atoms with van der Waals surface area (Å²) in [7, 11) is -3.41. The third kappa shape index (κ3) is 6.14. The molecule has 3 atom stereocenters. The van der Waals surface area contributed by atoms with Gasteiger partial charge in [0.05, 0.1) is 16.7 Å². The summed E-state index contributed by atoms with van der Waals surface area (Å²) in [6.45, 7) is 5.19. The summed E-state index contributed by atoms with van der Waals surface area (Å²) in [5, 5.41) is 14.4. The molecule has 0 aliphatic rings. The molecule has 2 aromatic carbocycles. The first-order chi connectivity index (χ1) is 16.3. The molecule has 1 aromatic heterocycles. The first-order valence-electron chi connectivity index (χ1n) is 10.8. The summed E-state index contributed by atoms with van der Waals surface area (Å²) in [5.41, 5.74) is -1.66. The number of carbonyl (C=O) groups excluding carboxylic acids is 1. The highest BCUT2D eigenvalue weighted by Gasteiger charge is 2.42. The Bertz CT molecular complexity index is 1280. The maximum atomic E-state index is 14.8. The average molecular weight is 524 g/mol. The van der Waals surface area contributed by atoms with Crippen molar-refractivity contribution in [2.75, 3.05) is 6.26 Å². The molecular formula is C24H27F2N3O4S2. The Morgan fingerprint density at radius 2 is 1.80 bits per heavy atom. The Morgan fingerprint density at radius 1 is 1.14 bits per heavy atom. The molecule has 3 aromatic rings. The number of nitrogens with zero attached hydrogens (tertiary/aromatic N) is 3. The van der Waals surface area contributed by atoms with Crippen LogP contribution in [-0.4, -0.2) is 50.8 Å². The highest BCUT2D eigenvalue weighted by molar-refractivity contribution is 8.01. The molecule has 0 spiro atoms. The van der Waals surface area contributed by atoms with Crippen LogP contribution in [0.5, 0.6) is 0 Å². The van der Waals surface area contributed by atoms with E-state index in [0.29, 0.717) is 11.6 Å². The molecule has 35 heavy (non-hydrogen) atoms. The van der Waals surface area contributed by atoms with Gasteiger partial charge in [-0.2, -0.15) is 5.10 Å². The SMILES string of the molecule is CC(C)C(S[C@H](C)[C@](O)(Cn1cncn1)c1ccc(F)cc1F)C(=O)c1ccc(S(C)(=O)=O)cc1. The zero-order chi connectivity index (χ0) is 26.0. The zero-order valence-electron chi connectivity index (χ0n) is 19.7. The fourth-order valence-electron chi connectivity index (χ4n) is 3.72. The van der Waals surface area contributed by atoms with Gasteiger partial charge < -0.3 is 5.11 Å². The van der Waals surface area contributed by atoms with E-state index in [1.54, 1.807) is 6.92 Å². The number of sulfone groups is 1. The average Bonchev–Trinajstić information content (AvgIpc) is 3.28. The summed E-state index contributed by atoms with van der Waals surface area (Å²) in [4.78, 5) is 17.3. The number of aromatic nitrogens is 3. The van der Waals surface area contributed by atoms with E-state index in [1.807, 2.05) is 13.8 Å². The van der Waals surface area contributed by atoms with E-state index in [0.717, 1.165) is 24.1 Å². The fourth-order valence-corrected chi connectivity index (χ4v) is 5.79. The van der Waals surface area contributed by atoms with Crippen molar-refractivity contribution in [1.82, 2.24) is 14.8 Å². The standard InChI is InChI=1S/C24H27F2N3O4S2/c1-15(2)23(22(30)17-5-8-19(9-6-17)35(4,32)33)34-16(3)24(31,12-29-14-27-13-28-29)20-10-7-18(25)11-21(20)26/h5-11,13-16,23,31H,12H2,1-4H3/t16-,23?,24-/m1/s1. The van der Waals surface area contributed by atoms with Gasteiger partial charge in [0.2, 0.25) is 0 Å². The van der Waals surface area contributed by atoms with E-state index in [-0.39, 0.29) is 28.7 Å². The largest absolute Gasteiger partial charge is 0.382 e. The van der Waals surface area contributed by atoms with E-state index in [4.69, 9.17) is 0 Å². The first kappa shape index (κ1) is 27.0. The van der Waals surface area contributed by atoms with Crippen molar-refractivity contribution in [2.45, 2.75) is 48.3 Å². The molecule has 0 amide bonds. The molecule has 0 bridgehead atoms. The van der Waals surface area contributed by atoms with Gasteiger partial charge in [-0.1, -0.05) is 39.0 Å². The molecule has 0 saturated carbocycles. The molecule has 0 aliphatic carbocycles. The number of benzene rings is 2. The number of ketones is 1. The summed E-state index contributed by atoms with van der Waals surface area (Å²) >= 11 is 1.16. The molecule has 1 N–H and O–H groups in total. The molecule has 0 radical (unpaired) electrons. The number of thioether (sulfide) groups is 1. The quantitative estimate of drug-likeness (QED) is 0.403. The van der Waals surface area contributed by atoms with Crippen LogP contribution in [0, 0.1) is 17.6 Å². The lowest BCUT2D eigenvalue weighted by atomic mass is 9.90. The smallest absolute Gasteiger partial charge is 0.176 e. The molecule has 0 aliphatic heterocycles. The molecular weight excluding hydrogens is 496 g/mol. The molecule has 1 heterocycles. The second-order valence-corrected chi connectivity index (χ2v) is 12.2. The first-order valence-corrected chi connectivity index (χ1v) is 13.7. The second-order valence-electron chi connectivity index (χ2n) is 8.75. The lowest BCUT2D eigenvalue weighted by Gasteiger charge is -2.36. The van der Waals surface area contributed by atoms with E-state index >= 15 is 0 Å². The third-order valence-electron chi connectivity index (χ3n) is 5.72. The minimum atomic E-state index is -3.41. The summed E-state index contributed by atoms with van der Waals surface area (Å²) in [5.74, 6) is -2.11. The number of aliphatic hydroxyl groups is 1. The van der Waals surface area contributed by atoms with Gasteiger partial charge in [0, 0.05) is 28.7 Å². The number of halogens is 2. The Morgan fingerprint density at radius 3 is 2.31 bits per heavy atom. The van der Waals surface area contributed by atoms with Gasteiger partial charge in [-0.05, 0) is 24.1 Å². The monoisotopic (exact) mass is 523 g/mol. The Labute approximate surface area is 207 Å². The number of rotatable bonds is 10. The van der Waals surface area contributed by atoms with Crippen LogP contribution in [-0.2, 0) is 22.0 Å². The van der Waals surface area contributed by atoms with Crippen molar-refractivity contribution >= 4 is 27.4 Å². The summed E-state index contributed by atoms with van der Waals surface area (Å²) in [6.07, 6.45) is 3.74. The maximum absolute atomic E-state index is 14.8. The van der Waals surface area contributed by atoms with Gasteiger partial charge in [0.1, 0.15) is 29.9 Å². The van der Waals surface area contributed by atoms with Crippen LogP contribution in [0.25, 0.3) is 0 Å². The van der Waals surface area contributed by atoms with Crippen LogP contribution in [0.15, 0.2) is 60.0 Å². The molecule has 11 heteroatoms. The van der Waals surface area contributed by atoms with Crippen molar-refractivity contribution in [3.8, 4) is 0 Å². The minimum absolute atomic E-state index is 0.102. The van der Waals surface area contributed by atoms with Crippen molar-refractivity contribution in [1.29, 1.82) is 0 Å². The Hall–Kier alpha value is -2.63. The lowest BCUT2D eigenvalue weighted by molar-refractivity contribution is 0.0132. The van der Waals surface area contributed by atoms with E-state index in [1.165, 1.54) is 47.7 Å². The summed E-state index contributed by atoms with van der Waals surface area (Å²) < 4.78 is 53.2. The van der Waals surface area contributed by atoms with Gasteiger partial charge in [0.25, 0.3) is 0 Å². The Kier molecular flexibility index (Phi) is 8.13. The number of Topliss-reactive ketones (excluding diaryl/α,β-unsaturated/α-hetero) is 1. The second kappa shape index (κ2) is 10.5. The van der Waals surface area contributed by atoms with Gasteiger partial charge in [-0.25, -0.2) is 26.9 Å². The molecule has 0 fully saturated rings. The highest BCUT2D eigenvalue weighted by atomic mass is 32.2. The van der Waals surface area contributed by atoms with Crippen molar-refractivity contribution < 1.29 is 27.1 Å². The van der Waals surface area contributed by atoms with E-state index < -0.39 is 37.6 Å². The zero-order valence-corrected chi connectivity index (χ0v) is 21.4. The highest BCUT2D eigenvalue weighted by Crippen LogP contribution is 2.40. The Balaban J connectivity index is 1.95. The van der Waals surface area contributed by atoms with Crippen LogP contribution in [0.3, 0.4) is 0 Å². The van der Waals surface area contributed by atoms with Crippen LogP contribution >= 0.6 is 11.8 Å². The fraction of sp³-hybridized carbons (Fsp3) is 0.375. The number of hydrogen-bond acceptors (Lipinski definition) is 7. The third-order valence-corrected chi connectivity index (χ3v) is 8.70. The van der Waals surface area contributed by atoms with Crippen LogP contribution in [0.1, 0.15) is 36.7 Å². The van der Waals surface area contributed by atoms with Crippen molar-refractivity contribution in [3.63, 3.8) is 0 Å². The maximum Gasteiger partial charge on any atom is 0.176 e. The predicted molar refractivity (Wildman–Crippen MR) is 130 cm³/mol. The molecule has 0 saturated heterocycles. The molecule has 188 valence electrons. The normalized spacial score (nSPS) is 15.5. The number of hydrogen-bond donors (Lipinski definition) is 1. The molecule has 1 unspecified atom stereocenters. The van der Waals surface area contributed by atoms with Gasteiger partial charge in [0.15, 0.2) is 15.6 Å². The van der Waals surface area contributed by atoms with Crippen LogP contribution < -0.4 is 0 Å². The topological polar surface area (TPSA) is 102 Å². The molecule has 7 nitrogen and oxygen atoms in total. The van der Waals surface area contributed by atoms with Crippen LogP contribution in [0.4, 0.5) is 8.78 Å². The van der Waals surface area contributed by atoms with Gasteiger partial charge in [-0.3, -0.25) is 4.79 Å². The summed E-state index contributed by atoms with van der Waals surface area (Å²) in [6, 6.07) is 8.63. The van der Waals surface area contributed by atoms with E-state index in [2.05, 4.69) is 10.1 Å². The van der Waals surface area contributed by atoms with E-state index in [9.17, 15) is 27.1 Å². The van der Waals surface area contributed by atoms with Crippen molar-refractivity contribution in [3.05, 3.63) is 77.9 Å². The van der Waals surface area contributed by atoms with Crippen LogP contribution in [0.2, 0.25) is 0 Å². The molecule has 3 rings (SSSR count).